The minimum absolute atomic E-state index is 0.0101. The van der Waals surface area contributed by atoms with E-state index in [1.165, 1.54) is 12.4 Å². The number of hydrogen-bond donors (Lipinski definition) is 1. The maximum absolute atomic E-state index is 10.8. The molecule has 0 aliphatic rings. The molecule has 0 amide bonds. The van der Waals surface area contributed by atoms with Crippen molar-refractivity contribution in [3.8, 4) is 11.3 Å². The first-order valence-electron chi connectivity index (χ1n) is 5.21. The highest BCUT2D eigenvalue weighted by Crippen LogP contribution is 2.22. The van der Waals surface area contributed by atoms with Crippen LogP contribution in [-0.4, -0.2) is 21.0 Å². The van der Waals surface area contributed by atoms with Gasteiger partial charge in [0.05, 0.1) is 5.69 Å². The van der Waals surface area contributed by atoms with Crippen LogP contribution in [0.25, 0.3) is 11.3 Å². The Morgan fingerprint density at radius 3 is 2.65 bits per heavy atom. The van der Waals surface area contributed by atoms with Crippen molar-refractivity contribution in [3.63, 3.8) is 0 Å². The highest BCUT2D eigenvalue weighted by atomic mass is 16.4. The fourth-order valence-corrected chi connectivity index (χ4v) is 1.63. The van der Waals surface area contributed by atoms with Crippen LogP contribution in [0.2, 0.25) is 0 Å². The molecule has 0 spiro atoms. The predicted molar refractivity (Wildman–Crippen MR) is 63.9 cm³/mol. The van der Waals surface area contributed by atoms with E-state index >= 15 is 0 Å². The Bertz CT molecular complexity index is 579. The summed E-state index contributed by atoms with van der Waals surface area (Å²) >= 11 is 0. The highest BCUT2D eigenvalue weighted by molar-refractivity contribution is 5.86. The molecule has 4 heteroatoms. The van der Waals surface area contributed by atoms with E-state index < -0.39 is 5.97 Å². The van der Waals surface area contributed by atoms with Crippen LogP contribution in [0.15, 0.2) is 30.6 Å². The zero-order valence-corrected chi connectivity index (χ0v) is 9.64. The maximum Gasteiger partial charge on any atom is 0.354 e. The summed E-state index contributed by atoms with van der Waals surface area (Å²) in [5.41, 5.74) is 3.76. The molecule has 0 aliphatic heterocycles. The smallest absolute Gasteiger partial charge is 0.354 e. The van der Waals surface area contributed by atoms with Gasteiger partial charge in [-0.05, 0) is 31.5 Å². The normalized spacial score (nSPS) is 10.2. The number of aryl methyl sites for hydroxylation is 2. The SMILES string of the molecule is Cc1ccc(C)c(-c2cc(C(=O)O)ncn2)c1. The van der Waals surface area contributed by atoms with E-state index in [0.29, 0.717) is 5.69 Å². The molecule has 0 radical (unpaired) electrons. The molecule has 1 aromatic carbocycles. The van der Waals surface area contributed by atoms with Gasteiger partial charge in [-0.15, -0.1) is 0 Å². The van der Waals surface area contributed by atoms with Gasteiger partial charge in [0.25, 0.3) is 0 Å². The second-order valence-corrected chi connectivity index (χ2v) is 3.91. The number of hydrogen-bond acceptors (Lipinski definition) is 3. The van der Waals surface area contributed by atoms with Gasteiger partial charge in [-0.1, -0.05) is 17.7 Å². The highest BCUT2D eigenvalue weighted by Gasteiger charge is 2.09. The van der Waals surface area contributed by atoms with Crippen molar-refractivity contribution in [1.82, 2.24) is 9.97 Å². The maximum atomic E-state index is 10.8. The van der Waals surface area contributed by atoms with Gasteiger partial charge >= 0.3 is 5.97 Å². The van der Waals surface area contributed by atoms with E-state index in [1.54, 1.807) is 0 Å². The zero-order chi connectivity index (χ0) is 12.4. The number of aromatic carboxylic acids is 1. The molecule has 0 aliphatic carbocycles. The summed E-state index contributed by atoms with van der Waals surface area (Å²) in [4.78, 5) is 18.7. The van der Waals surface area contributed by atoms with Gasteiger partial charge in [0, 0.05) is 5.56 Å². The largest absolute Gasteiger partial charge is 0.477 e. The fourth-order valence-electron chi connectivity index (χ4n) is 1.63. The van der Waals surface area contributed by atoms with Crippen LogP contribution in [0.3, 0.4) is 0 Å². The summed E-state index contributed by atoms with van der Waals surface area (Å²) < 4.78 is 0. The molecule has 1 aromatic heterocycles. The molecule has 0 saturated heterocycles. The van der Waals surface area contributed by atoms with E-state index in [4.69, 9.17) is 5.11 Å². The number of rotatable bonds is 2. The number of carboxylic acids is 1. The van der Waals surface area contributed by atoms with Gasteiger partial charge in [0.2, 0.25) is 0 Å². The van der Waals surface area contributed by atoms with Crippen LogP contribution in [0, 0.1) is 13.8 Å². The first kappa shape index (κ1) is 11.3. The third-order valence-corrected chi connectivity index (χ3v) is 2.56. The van der Waals surface area contributed by atoms with Crippen LogP contribution in [-0.2, 0) is 0 Å². The molecular weight excluding hydrogens is 216 g/mol. The molecule has 0 unspecified atom stereocenters. The molecule has 4 nitrogen and oxygen atoms in total. The summed E-state index contributed by atoms with van der Waals surface area (Å²) in [5, 5.41) is 8.89. The predicted octanol–water partition coefficient (Wildman–Crippen LogP) is 2.46. The second kappa shape index (κ2) is 4.33. The lowest BCUT2D eigenvalue weighted by atomic mass is 10.0. The van der Waals surface area contributed by atoms with Gasteiger partial charge < -0.3 is 5.11 Å². The minimum Gasteiger partial charge on any atom is -0.477 e. The van der Waals surface area contributed by atoms with E-state index in [0.717, 1.165) is 16.7 Å². The number of carbonyl (C=O) groups is 1. The summed E-state index contributed by atoms with van der Waals surface area (Å²) in [7, 11) is 0. The summed E-state index contributed by atoms with van der Waals surface area (Å²) in [6.45, 7) is 3.96. The third-order valence-electron chi connectivity index (χ3n) is 2.56. The van der Waals surface area contributed by atoms with Crippen LogP contribution >= 0.6 is 0 Å². The Morgan fingerprint density at radius 2 is 1.94 bits per heavy atom. The Kier molecular flexibility index (Phi) is 2.87. The summed E-state index contributed by atoms with van der Waals surface area (Å²) in [6.07, 6.45) is 1.28. The lowest BCUT2D eigenvalue weighted by Gasteiger charge is -2.06. The second-order valence-electron chi connectivity index (χ2n) is 3.91. The van der Waals surface area contributed by atoms with Crippen LogP contribution < -0.4 is 0 Å². The van der Waals surface area contributed by atoms with Crippen molar-refractivity contribution in [3.05, 3.63) is 47.4 Å². The van der Waals surface area contributed by atoms with Crippen molar-refractivity contribution in [1.29, 1.82) is 0 Å². The molecule has 0 saturated carbocycles. The number of nitrogens with zero attached hydrogens (tertiary/aromatic N) is 2. The summed E-state index contributed by atoms with van der Waals surface area (Å²) in [6, 6.07) is 7.48. The molecule has 2 aromatic rings. The average molecular weight is 228 g/mol. The van der Waals surface area contributed by atoms with E-state index in [9.17, 15) is 4.79 Å². The molecular formula is C13H12N2O2. The first-order valence-corrected chi connectivity index (χ1v) is 5.21. The first-order chi connectivity index (χ1) is 8.08. The van der Waals surface area contributed by atoms with Crippen molar-refractivity contribution in [2.75, 3.05) is 0 Å². The Morgan fingerprint density at radius 1 is 1.18 bits per heavy atom. The standard InChI is InChI=1S/C13H12N2O2/c1-8-3-4-9(2)10(5-8)11-6-12(13(16)17)15-7-14-11/h3-7H,1-2H3,(H,16,17). The molecule has 1 heterocycles. The lowest BCUT2D eigenvalue weighted by Crippen LogP contribution is -2.01. The average Bonchev–Trinajstić information content (AvgIpc) is 2.32. The summed E-state index contributed by atoms with van der Waals surface area (Å²) in [5.74, 6) is -1.04. The van der Waals surface area contributed by atoms with Crippen LogP contribution in [0.1, 0.15) is 21.6 Å². The lowest BCUT2D eigenvalue weighted by molar-refractivity contribution is 0.0690. The third kappa shape index (κ3) is 2.30. The molecule has 17 heavy (non-hydrogen) atoms. The Hall–Kier alpha value is -2.23. The van der Waals surface area contributed by atoms with Gasteiger partial charge in [0.15, 0.2) is 5.69 Å². The molecule has 0 atom stereocenters. The van der Waals surface area contributed by atoms with Crippen molar-refractivity contribution in [2.45, 2.75) is 13.8 Å². The number of carboxylic acid groups (broad SMARTS) is 1. The Balaban J connectivity index is 2.56. The minimum atomic E-state index is -1.04. The van der Waals surface area contributed by atoms with E-state index in [2.05, 4.69) is 9.97 Å². The van der Waals surface area contributed by atoms with Crippen molar-refractivity contribution in [2.24, 2.45) is 0 Å². The number of benzene rings is 1. The van der Waals surface area contributed by atoms with Crippen molar-refractivity contribution >= 4 is 5.97 Å². The molecule has 1 N–H and O–H groups in total. The Labute approximate surface area is 99.0 Å². The van der Waals surface area contributed by atoms with Gasteiger partial charge in [-0.2, -0.15) is 0 Å². The monoisotopic (exact) mass is 228 g/mol. The topological polar surface area (TPSA) is 63.1 Å². The molecule has 0 bridgehead atoms. The van der Waals surface area contributed by atoms with Gasteiger partial charge in [0.1, 0.15) is 6.33 Å². The van der Waals surface area contributed by atoms with Crippen LogP contribution in [0.5, 0.6) is 0 Å². The molecule has 2 rings (SSSR count). The quantitative estimate of drug-likeness (QED) is 0.857. The van der Waals surface area contributed by atoms with Crippen molar-refractivity contribution < 1.29 is 9.90 Å². The van der Waals surface area contributed by atoms with Gasteiger partial charge in [-0.3, -0.25) is 0 Å². The van der Waals surface area contributed by atoms with E-state index in [1.807, 2.05) is 32.0 Å². The number of aromatic nitrogens is 2. The fraction of sp³-hybridized carbons (Fsp3) is 0.154. The van der Waals surface area contributed by atoms with Gasteiger partial charge in [-0.25, -0.2) is 14.8 Å². The van der Waals surface area contributed by atoms with Crippen LogP contribution in [0.4, 0.5) is 0 Å². The zero-order valence-electron chi connectivity index (χ0n) is 9.64. The molecule has 0 fully saturated rings. The molecule has 86 valence electrons. The van der Waals surface area contributed by atoms with E-state index in [-0.39, 0.29) is 5.69 Å².